The minimum absolute atomic E-state index is 0.149. The molecule has 7 nitrogen and oxygen atoms in total. The van der Waals surface area contributed by atoms with Gasteiger partial charge in [-0.3, -0.25) is 9.59 Å². The van der Waals surface area contributed by atoms with Gasteiger partial charge < -0.3 is 15.2 Å². The molecule has 0 aliphatic rings. The largest absolute Gasteiger partial charge is 0.309 e. The summed E-state index contributed by atoms with van der Waals surface area (Å²) in [4.78, 5) is 33.8. The number of nitrogens with zero attached hydrogens (tertiary/aromatic N) is 3. The van der Waals surface area contributed by atoms with Crippen LogP contribution in [0, 0.1) is 6.92 Å². The lowest BCUT2D eigenvalue weighted by atomic mass is 9.98. The Balaban J connectivity index is 1.47. The Bertz CT molecular complexity index is 1330. The molecule has 2 heterocycles. The van der Waals surface area contributed by atoms with Gasteiger partial charge in [0.05, 0.1) is 12.0 Å². The van der Waals surface area contributed by atoms with E-state index in [2.05, 4.69) is 58.7 Å². The van der Waals surface area contributed by atoms with Crippen molar-refractivity contribution in [1.82, 2.24) is 19.9 Å². The van der Waals surface area contributed by atoms with Crippen LogP contribution in [0.2, 0.25) is 0 Å². The van der Waals surface area contributed by atoms with Gasteiger partial charge in [0.2, 0.25) is 5.91 Å². The van der Waals surface area contributed by atoms with Crippen LogP contribution >= 0.6 is 0 Å². The van der Waals surface area contributed by atoms with Crippen molar-refractivity contribution in [3.8, 4) is 11.3 Å². The van der Waals surface area contributed by atoms with Crippen LogP contribution in [-0.4, -0.2) is 27.0 Å². The normalized spacial score (nSPS) is 12.7. The highest BCUT2D eigenvalue weighted by Crippen LogP contribution is 2.20. The number of benzene rings is 2. The van der Waals surface area contributed by atoms with Crippen LogP contribution < -0.4 is 16.2 Å². The first kappa shape index (κ1) is 24.0. The van der Waals surface area contributed by atoms with Crippen molar-refractivity contribution in [1.29, 1.82) is 0 Å². The van der Waals surface area contributed by atoms with Gasteiger partial charge in [-0.1, -0.05) is 67.1 Å². The number of hydrogen-bond acceptors (Lipinski definition) is 5. The quantitative estimate of drug-likeness (QED) is 0.405. The fourth-order valence-electron chi connectivity index (χ4n) is 3.75. The van der Waals surface area contributed by atoms with E-state index in [0.717, 1.165) is 5.56 Å². The second-order valence-electron chi connectivity index (χ2n) is 8.71. The van der Waals surface area contributed by atoms with E-state index in [1.807, 2.05) is 30.3 Å². The fourth-order valence-corrected chi connectivity index (χ4v) is 3.75. The van der Waals surface area contributed by atoms with Crippen LogP contribution in [0.5, 0.6) is 0 Å². The molecular weight excluding hydrogens is 438 g/mol. The maximum atomic E-state index is 13.3. The van der Waals surface area contributed by atoms with Crippen LogP contribution in [0.4, 0.5) is 5.82 Å². The summed E-state index contributed by atoms with van der Waals surface area (Å²) in [7, 11) is 1.65. The van der Waals surface area contributed by atoms with E-state index < -0.39 is 6.04 Å². The average Bonchev–Trinajstić information content (AvgIpc) is 2.87. The molecule has 0 radical (unpaired) electrons. The van der Waals surface area contributed by atoms with E-state index in [0.29, 0.717) is 23.6 Å². The molecule has 2 atom stereocenters. The van der Waals surface area contributed by atoms with Crippen molar-refractivity contribution in [2.24, 2.45) is 7.05 Å². The van der Waals surface area contributed by atoms with Crippen LogP contribution in [0.1, 0.15) is 35.6 Å². The minimum atomic E-state index is -0.538. The number of carbonyl (C=O) groups is 1. The molecule has 1 amide bonds. The molecule has 0 spiro atoms. The molecule has 0 fully saturated rings. The van der Waals surface area contributed by atoms with E-state index in [1.165, 1.54) is 28.1 Å². The standard InChI is InChI=1S/C28H29N5O2/c1-19-9-11-21(12-10-19)20(2)16-30-27(22-7-5-4-6-8-22)28(35)32-25-14-13-23(17-29-25)24-15-26(34)33(3)18-31-24/h4-15,17-18,20,27,30H,16H2,1-3H3,(H,29,32,35)/t20?,27-/m0/s1. The van der Waals surface area contributed by atoms with Gasteiger partial charge in [0.1, 0.15) is 11.9 Å². The molecule has 0 aliphatic carbocycles. The minimum Gasteiger partial charge on any atom is -0.309 e. The summed E-state index contributed by atoms with van der Waals surface area (Å²) in [5, 5.41) is 6.34. The Morgan fingerprint density at radius 2 is 1.71 bits per heavy atom. The first-order chi connectivity index (χ1) is 16.9. The second-order valence-corrected chi connectivity index (χ2v) is 8.71. The monoisotopic (exact) mass is 467 g/mol. The number of amides is 1. The van der Waals surface area contributed by atoms with Crippen molar-refractivity contribution in [3.63, 3.8) is 0 Å². The molecule has 178 valence electrons. The SMILES string of the molecule is Cc1ccc(C(C)CN[C@H](C(=O)Nc2ccc(-c3cc(=O)n(C)cn3)cn2)c2ccccc2)cc1. The lowest BCUT2D eigenvalue weighted by molar-refractivity contribution is -0.118. The first-order valence-electron chi connectivity index (χ1n) is 11.6. The molecular formula is C28H29N5O2. The zero-order valence-corrected chi connectivity index (χ0v) is 20.1. The second kappa shape index (κ2) is 10.9. The summed E-state index contributed by atoms with van der Waals surface area (Å²) >= 11 is 0. The van der Waals surface area contributed by atoms with Gasteiger partial charge in [-0.15, -0.1) is 0 Å². The number of anilines is 1. The molecule has 0 bridgehead atoms. The van der Waals surface area contributed by atoms with Gasteiger partial charge in [0.25, 0.3) is 5.56 Å². The molecule has 0 saturated carbocycles. The maximum Gasteiger partial charge on any atom is 0.253 e. The van der Waals surface area contributed by atoms with Gasteiger partial charge in [-0.05, 0) is 36.1 Å². The van der Waals surface area contributed by atoms with Crippen molar-refractivity contribution in [2.45, 2.75) is 25.8 Å². The average molecular weight is 468 g/mol. The Hall–Kier alpha value is -4.10. The molecule has 2 aromatic heterocycles. The molecule has 4 aromatic rings. The highest BCUT2D eigenvalue weighted by atomic mass is 16.2. The van der Waals surface area contributed by atoms with Crippen LogP contribution in [0.3, 0.4) is 0 Å². The van der Waals surface area contributed by atoms with Gasteiger partial charge in [-0.2, -0.15) is 0 Å². The van der Waals surface area contributed by atoms with Gasteiger partial charge in [0.15, 0.2) is 0 Å². The van der Waals surface area contributed by atoms with E-state index in [9.17, 15) is 9.59 Å². The number of nitrogens with one attached hydrogen (secondary N) is 2. The number of aromatic nitrogens is 3. The lowest BCUT2D eigenvalue weighted by Crippen LogP contribution is -2.35. The Kier molecular flexibility index (Phi) is 7.48. The number of carbonyl (C=O) groups excluding carboxylic acids is 1. The summed E-state index contributed by atoms with van der Waals surface area (Å²) in [6, 6.07) is 22.5. The van der Waals surface area contributed by atoms with Gasteiger partial charge in [0, 0.05) is 31.4 Å². The van der Waals surface area contributed by atoms with Crippen LogP contribution in [0.15, 0.2) is 90.1 Å². The molecule has 1 unspecified atom stereocenters. The van der Waals surface area contributed by atoms with E-state index >= 15 is 0 Å². The predicted molar refractivity (Wildman–Crippen MR) is 138 cm³/mol. The zero-order valence-electron chi connectivity index (χ0n) is 20.1. The molecule has 35 heavy (non-hydrogen) atoms. The molecule has 4 rings (SSSR count). The van der Waals surface area contributed by atoms with Gasteiger partial charge >= 0.3 is 0 Å². The molecule has 0 aliphatic heterocycles. The third-order valence-electron chi connectivity index (χ3n) is 5.96. The summed E-state index contributed by atoms with van der Waals surface area (Å²) < 4.78 is 1.40. The Morgan fingerprint density at radius 1 is 0.971 bits per heavy atom. The van der Waals surface area contributed by atoms with Crippen molar-refractivity contribution < 1.29 is 4.79 Å². The summed E-state index contributed by atoms with van der Waals surface area (Å²) in [5.41, 5.74) is 4.40. The predicted octanol–water partition coefficient (Wildman–Crippen LogP) is 4.22. The van der Waals surface area contributed by atoms with Crippen LogP contribution in [0.25, 0.3) is 11.3 Å². The number of hydrogen-bond donors (Lipinski definition) is 2. The highest BCUT2D eigenvalue weighted by Gasteiger charge is 2.21. The van der Waals surface area contributed by atoms with Crippen molar-refractivity contribution >= 4 is 11.7 Å². The van der Waals surface area contributed by atoms with Gasteiger partial charge in [-0.25, -0.2) is 9.97 Å². The lowest BCUT2D eigenvalue weighted by Gasteiger charge is -2.21. The topological polar surface area (TPSA) is 88.9 Å². The molecule has 7 heteroatoms. The van der Waals surface area contributed by atoms with Crippen molar-refractivity contribution in [3.05, 3.63) is 112 Å². The first-order valence-corrected chi connectivity index (χ1v) is 11.6. The third-order valence-corrected chi connectivity index (χ3v) is 5.96. The van der Waals surface area contributed by atoms with Crippen molar-refractivity contribution in [2.75, 3.05) is 11.9 Å². The Labute approximate surface area is 204 Å². The Morgan fingerprint density at radius 3 is 2.37 bits per heavy atom. The van der Waals surface area contributed by atoms with E-state index in [1.54, 1.807) is 25.4 Å². The highest BCUT2D eigenvalue weighted by molar-refractivity contribution is 5.94. The molecule has 0 saturated heterocycles. The molecule has 2 aromatic carbocycles. The summed E-state index contributed by atoms with van der Waals surface area (Å²) in [5.74, 6) is 0.467. The summed E-state index contributed by atoms with van der Waals surface area (Å²) in [6.45, 7) is 4.85. The maximum absolute atomic E-state index is 13.3. The zero-order chi connectivity index (χ0) is 24.8. The number of pyridine rings is 1. The third kappa shape index (κ3) is 6.07. The van der Waals surface area contributed by atoms with E-state index in [4.69, 9.17) is 0 Å². The summed E-state index contributed by atoms with van der Waals surface area (Å²) in [6.07, 6.45) is 3.07. The van der Waals surface area contributed by atoms with Crippen LogP contribution in [-0.2, 0) is 11.8 Å². The van der Waals surface area contributed by atoms with E-state index in [-0.39, 0.29) is 17.4 Å². The number of aryl methyl sites for hydroxylation is 2. The molecule has 2 N–H and O–H groups in total. The number of rotatable bonds is 8. The smallest absolute Gasteiger partial charge is 0.253 e. The fraction of sp³-hybridized carbons (Fsp3) is 0.214.